The Kier molecular flexibility index (Phi) is 6.62. The van der Waals surface area contributed by atoms with E-state index < -0.39 is 0 Å². The van der Waals surface area contributed by atoms with Gasteiger partial charge in [0.1, 0.15) is 0 Å². The maximum Gasteiger partial charge on any atom is 0.258 e. The van der Waals surface area contributed by atoms with Crippen molar-refractivity contribution in [2.24, 2.45) is 0 Å². The number of nitrogens with one attached hydrogen (secondary N) is 3. The summed E-state index contributed by atoms with van der Waals surface area (Å²) in [6.45, 7) is 0. The van der Waals surface area contributed by atoms with Gasteiger partial charge in [-0.1, -0.05) is 41.4 Å². The first-order valence-corrected chi connectivity index (χ1v) is 8.89. The highest BCUT2D eigenvalue weighted by Gasteiger charge is 2.17. The summed E-state index contributed by atoms with van der Waals surface area (Å²) in [5.41, 5.74) is 1.12. The van der Waals surface area contributed by atoms with Crippen molar-refractivity contribution in [1.82, 2.24) is 5.32 Å². The zero-order chi connectivity index (χ0) is 17.5. The molecular formula is C16H14Cl2N4OS. The fraction of sp³-hybridized carbons (Fsp3) is 0.125. The maximum atomic E-state index is 12.4. The third-order valence-electron chi connectivity index (χ3n) is 3.03. The SMILES string of the molecule is CSC(NC#N)Nc1cc(Cl)c(C(=O)Nc2ccccc2)c(Cl)c1. The van der Waals surface area contributed by atoms with Crippen LogP contribution in [0.25, 0.3) is 0 Å². The van der Waals surface area contributed by atoms with Crippen LogP contribution in [0.4, 0.5) is 11.4 Å². The minimum absolute atomic E-state index is 0.196. The highest BCUT2D eigenvalue weighted by Crippen LogP contribution is 2.30. The van der Waals surface area contributed by atoms with Gasteiger partial charge in [-0.15, -0.1) is 11.8 Å². The molecule has 3 N–H and O–H groups in total. The highest BCUT2D eigenvalue weighted by atomic mass is 35.5. The molecule has 0 saturated heterocycles. The first kappa shape index (κ1) is 18.3. The molecule has 0 aliphatic heterocycles. The molecule has 5 nitrogen and oxygen atoms in total. The maximum absolute atomic E-state index is 12.4. The molecule has 0 aromatic heterocycles. The molecule has 0 aliphatic rings. The summed E-state index contributed by atoms with van der Waals surface area (Å²) < 4.78 is 0. The number of nitriles is 1. The Labute approximate surface area is 154 Å². The van der Waals surface area contributed by atoms with Crippen LogP contribution in [0.15, 0.2) is 42.5 Å². The van der Waals surface area contributed by atoms with Crippen molar-refractivity contribution >= 4 is 52.2 Å². The van der Waals surface area contributed by atoms with E-state index in [-0.39, 0.29) is 27.0 Å². The van der Waals surface area contributed by atoms with E-state index in [4.69, 9.17) is 28.5 Å². The quantitative estimate of drug-likeness (QED) is 0.393. The Hall–Kier alpha value is -2.07. The summed E-state index contributed by atoms with van der Waals surface area (Å²) >= 11 is 13.8. The van der Waals surface area contributed by atoms with E-state index in [1.807, 2.05) is 30.6 Å². The lowest BCUT2D eigenvalue weighted by Crippen LogP contribution is -2.29. The first-order valence-electron chi connectivity index (χ1n) is 6.84. The molecule has 24 heavy (non-hydrogen) atoms. The monoisotopic (exact) mass is 380 g/mol. The Morgan fingerprint density at radius 2 is 1.79 bits per heavy atom. The zero-order valence-corrected chi connectivity index (χ0v) is 15.0. The second kappa shape index (κ2) is 8.69. The molecule has 8 heteroatoms. The third-order valence-corrected chi connectivity index (χ3v) is 4.33. The van der Waals surface area contributed by atoms with E-state index >= 15 is 0 Å². The zero-order valence-electron chi connectivity index (χ0n) is 12.6. The van der Waals surface area contributed by atoms with Gasteiger partial charge in [-0.25, -0.2) is 0 Å². The average Bonchev–Trinajstić information content (AvgIpc) is 2.54. The molecule has 0 spiro atoms. The lowest BCUT2D eigenvalue weighted by atomic mass is 10.1. The molecule has 1 unspecified atom stereocenters. The molecule has 0 saturated carbocycles. The summed E-state index contributed by atoms with van der Waals surface area (Å²) in [6, 6.07) is 12.2. The van der Waals surface area contributed by atoms with Crippen LogP contribution in [0, 0.1) is 11.5 Å². The number of nitrogens with zero attached hydrogens (tertiary/aromatic N) is 1. The van der Waals surface area contributed by atoms with Crippen LogP contribution in [0.5, 0.6) is 0 Å². The number of para-hydroxylation sites is 1. The minimum atomic E-state index is -0.390. The number of amides is 1. The van der Waals surface area contributed by atoms with Crippen molar-refractivity contribution < 1.29 is 4.79 Å². The van der Waals surface area contributed by atoms with Gasteiger partial charge in [0.05, 0.1) is 15.6 Å². The van der Waals surface area contributed by atoms with E-state index in [0.29, 0.717) is 11.4 Å². The number of hydrogen-bond donors (Lipinski definition) is 3. The fourth-order valence-corrected chi connectivity index (χ4v) is 3.04. The van der Waals surface area contributed by atoms with E-state index in [1.54, 1.807) is 24.3 Å². The Morgan fingerprint density at radius 1 is 1.17 bits per heavy atom. The number of hydrogen-bond acceptors (Lipinski definition) is 5. The Bertz CT molecular complexity index is 741. The van der Waals surface area contributed by atoms with Crippen LogP contribution in [0.3, 0.4) is 0 Å². The van der Waals surface area contributed by atoms with Crippen LogP contribution >= 0.6 is 35.0 Å². The lowest BCUT2D eigenvalue weighted by molar-refractivity contribution is 0.102. The largest absolute Gasteiger partial charge is 0.356 e. The molecule has 0 fully saturated rings. The van der Waals surface area contributed by atoms with Crippen molar-refractivity contribution in [3.05, 3.63) is 58.1 Å². The third kappa shape index (κ3) is 4.71. The summed E-state index contributed by atoms with van der Waals surface area (Å²) in [6.07, 6.45) is 3.70. The number of benzene rings is 2. The smallest absolute Gasteiger partial charge is 0.258 e. The number of thioether (sulfide) groups is 1. The van der Waals surface area contributed by atoms with Gasteiger partial charge in [0.25, 0.3) is 5.91 Å². The van der Waals surface area contributed by atoms with E-state index in [2.05, 4.69) is 16.0 Å². The Balaban J connectivity index is 2.20. The van der Waals surface area contributed by atoms with Gasteiger partial charge in [-0.3, -0.25) is 10.1 Å². The summed E-state index contributed by atoms with van der Waals surface area (Å²) in [4.78, 5) is 12.4. The topological polar surface area (TPSA) is 77.0 Å². The van der Waals surface area contributed by atoms with Crippen LogP contribution in [-0.2, 0) is 0 Å². The molecule has 0 radical (unpaired) electrons. The predicted octanol–water partition coefficient (Wildman–Crippen LogP) is 4.37. The standard InChI is InChI=1S/C16H14Cl2N4OS/c1-24-16(20-9-19)22-11-7-12(17)14(13(18)8-11)15(23)21-10-5-3-2-4-6-10/h2-8,16,20,22H,1H3,(H,21,23). The molecule has 2 rings (SSSR count). The fourth-order valence-electron chi connectivity index (χ4n) is 1.95. The molecule has 0 aliphatic carbocycles. The molecular weight excluding hydrogens is 367 g/mol. The van der Waals surface area contributed by atoms with Gasteiger partial charge >= 0.3 is 0 Å². The van der Waals surface area contributed by atoms with Crippen molar-refractivity contribution in [2.45, 2.75) is 5.50 Å². The second-order valence-electron chi connectivity index (χ2n) is 4.65. The van der Waals surface area contributed by atoms with Crippen molar-refractivity contribution in [2.75, 3.05) is 16.9 Å². The van der Waals surface area contributed by atoms with Gasteiger partial charge < -0.3 is 10.6 Å². The van der Waals surface area contributed by atoms with Gasteiger partial charge in [-0.05, 0) is 30.5 Å². The predicted molar refractivity (Wildman–Crippen MR) is 101 cm³/mol. The van der Waals surface area contributed by atoms with Crippen LogP contribution < -0.4 is 16.0 Å². The normalized spacial score (nSPS) is 11.2. The van der Waals surface area contributed by atoms with Crippen molar-refractivity contribution in [3.8, 4) is 6.19 Å². The molecule has 1 amide bonds. The summed E-state index contributed by atoms with van der Waals surface area (Å²) in [7, 11) is 0. The van der Waals surface area contributed by atoms with E-state index in [9.17, 15) is 4.79 Å². The molecule has 124 valence electrons. The molecule has 2 aromatic carbocycles. The molecule has 2 aromatic rings. The number of carbonyl (C=O) groups excluding carboxylic acids is 1. The molecule has 0 bridgehead atoms. The van der Waals surface area contributed by atoms with Gasteiger partial charge in [0.15, 0.2) is 11.7 Å². The highest BCUT2D eigenvalue weighted by molar-refractivity contribution is 7.99. The van der Waals surface area contributed by atoms with Crippen molar-refractivity contribution in [3.63, 3.8) is 0 Å². The number of anilines is 2. The summed E-state index contributed by atoms with van der Waals surface area (Å²) in [5, 5.41) is 17.5. The summed E-state index contributed by atoms with van der Waals surface area (Å²) in [5.74, 6) is -0.390. The number of rotatable bonds is 6. The second-order valence-corrected chi connectivity index (χ2v) is 6.41. The number of halogens is 2. The van der Waals surface area contributed by atoms with Gasteiger partial charge in [0.2, 0.25) is 0 Å². The van der Waals surface area contributed by atoms with Gasteiger partial charge in [0, 0.05) is 11.4 Å². The average molecular weight is 381 g/mol. The minimum Gasteiger partial charge on any atom is -0.356 e. The molecule has 1 atom stereocenters. The van der Waals surface area contributed by atoms with Crippen LogP contribution in [0.2, 0.25) is 10.0 Å². The van der Waals surface area contributed by atoms with E-state index in [0.717, 1.165) is 0 Å². The van der Waals surface area contributed by atoms with E-state index in [1.165, 1.54) is 11.8 Å². The van der Waals surface area contributed by atoms with Crippen molar-refractivity contribution in [1.29, 1.82) is 5.26 Å². The number of carbonyl (C=O) groups is 1. The first-order chi connectivity index (χ1) is 11.5. The van der Waals surface area contributed by atoms with Gasteiger partial charge in [-0.2, -0.15) is 5.26 Å². The van der Waals surface area contributed by atoms with Crippen LogP contribution in [0.1, 0.15) is 10.4 Å². The Morgan fingerprint density at radius 3 is 2.33 bits per heavy atom. The van der Waals surface area contributed by atoms with Crippen LogP contribution in [-0.4, -0.2) is 17.7 Å². The molecule has 0 heterocycles. The lowest BCUT2D eigenvalue weighted by Gasteiger charge is -2.17.